The van der Waals surface area contributed by atoms with Gasteiger partial charge in [0.05, 0.1) is 10.6 Å². The second-order valence-electron chi connectivity index (χ2n) is 5.80. The second kappa shape index (κ2) is 7.11. The molecule has 2 N–H and O–H groups in total. The number of carbonyl (C=O) groups excluding carboxylic acids is 1. The lowest BCUT2D eigenvalue weighted by Crippen LogP contribution is -2.23. The third-order valence-corrected chi connectivity index (χ3v) is 5.87. The van der Waals surface area contributed by atoms with Gasteiger partial charge in [-0.15, -0.1) is 0 Å². The minimum Gasteiger partial charge on any atom is -0.383 e. The highest BCUT2D eigenvalue weighted by atomic mass is 32.2. The van der Waals surface area contributed by atoms with Crippen molar-refractivity contribution < 1.29 is 13.2 Å². The fraction of sp³-hybridized carbons (Fsp3) is 0.211. The summed E-state index contributed by atoms with van der Waals surface area (Å²) < 4.78 is 25.8. The van der Waals surface area contributed by atoms with E-state index in [1.54, 1.807) is 42.5 Å². The number of unbranched alkanes of at least 4 members (excludes halogenated alkanes) is 1. The van der Waals surface area contributed by atoms with Crippen LogP contribution in [0.4, 0.5) is 5.69 Å². The minimum absolute atomic E-state index is 0.173. The zero-order valence-electron chi connectivity index (χ0n) is 14.0. The molecule has 1 amide bonds. The van der Waals surface area contributed by atoms with Gasteiger partial charge in [-0.25, -0.2) is 8.42 Å². The van der Waals surface area contributed by atoms with Crippen LogP contribution in [0.15, 0.2) is 64.4 Å². The highest BCUT2D eigenvalue weighted by Crippen LogP contribution is 2.38. The van der Waals surface area contributed by atoms with Crippen molar-refractivity contribution in [2.75, 3.05) is 11.9 Å². The average molecular weight is 356 g/mol. The predicted octanol–water partition coefficient (Wildman–Crippen LogP) is 3.17. The number of hydrogen-bond acceptors (Lipinski definition) is 4. The highest BCUT2D eigenvalue weighted by Gasteiger charge is 2.39. The fourth-order valence-corrected chi connectivity index (χ4v) is 4.47. The Morgan fingerprint density at radius 1 is 1.00 bits per heavy atom. The van der Waals surface area contributed by atoms with Gasteiger partial charge in [0.25, 0.3) is 5.91 Å². The van der Waals surface area contributed by atoms with Crippen LogP contribution >= 0.6 is 0 Å². The lowest BCUT2D eigenvalue weighted by Gasteiger charge is -2.10. The van der Waals surface area contributed by atoms with Crippen LogP contribution in [0.3, 0.4) is 0 Å². The Morgan fingerprint density at radius 2 is 1.68 bits per heavy atom. The molecule has 0 unspecified atom stereocenters. The summed E-state index contributed by atoms with van der Waals surface area (Å²) in [6, 6.07) is 15.5. The largest absolute Gasteiger partial charge is 0.383 e. The van der Waals surface area contributed by atoms with Crippen LogP contribution in [-0.4, -0.2) is 20.9 Å². The number of hydrogen-bond donors (Lipinski definition) is 2. The van der Waals surface area contributed by atoms with E-state index in [0.717, 1.165) is 12.8 Å². The molecular weight excluding hydrogens is 336 g/mol. The number of benzene rings is 2. The fourth-order valence-electron chi connectivity index (χ4n) is 2.78. The van der Waals surface area contributed by atoms with Gasteiger partial charge in [0.15, 0.2) is 4.91 Å². The number of fused-ring (bicyclic) bond motifs is 1. The quantitative estimate of drug-likeness (QED) is 0.780. The predicted molar refractivity (Wildman–Crippen MR) is 98.5 cm³/mol. The minimum atomic E-state index is -3.85. The lowest BCUT2D eigenvalue weighted by molar-refractivity contribution is -0.112. The number of para-hydroxylation sites is 1. The molecule has 0 spiro atoms. The summed E-state index contributed by atoms with van der Waals surface area (Å²) in [5.41, 5.74) is 1.49. The van der Waals surface area contributed by atoms with Crippen LogP contribution < -0.4 is 10.6 Å². The van der Waals surface area contributed by atoms with Crippen LogP contribution in [0, 0.1) is 0 Å². The van der Waals surface area contributed by atoms with Crippen LogP contribution in [-0.2, 0) is 14.6 Å². The van der Waals surface area contributed by atoms with Crippen molar-refractivity contribution in [1.82, 2.24) is 5.32 Å². The molecule has 0 saturated carbocycles. The lowest BCUT2D eigenvalue weighted by atomic mass is 10.1. The Kier molecular flexibility index (Phi) is 4.90. The SMILES string of the molecule is CCCCNC1=C(C(=O)Nc2ccccc2)S(=O)(=O)c2ccccc21. The first-order valence-corrected chi connectivity index (χ1v) is 9.73. The Hall–Kier alpha value is -2.60. The van der Waals surface area contributed by atoms with Gasteiger partial charge in [0.1, 0.15) is 0 Å². The molecule has 5 nitrogen and oxygen atoms in total. The van der Waals surface area contributed by atoms with E-state index < -0.39 is 15.7 Å². The molecule has 1 aliphatic rings. The normalized spacial score (nSPS) is 14.9. The van der Waals surface area contributed by atoms with Gasteiger partial charge in [0.2, 0.25) is 9.84 Å². The van der Waals surface area contributed by atoms with E-state index in [-0.39, 0.29) is 9.80 Å². The average Bonchev–Trinajstić information content (AvgIpc) is 2.84. The molecule has 0 saturated heterocycles. The van der Waals surface area contributed by atoms with Crippen molar-refractivity contribution in [2.24, 2.45) is 0 Å². The van der Waals surface area contributed by atoms with Crippen LogP contribution in [0.1, 0.15) is 25.3 Å². The smallest absolute Gasteiger partial charge is 0.269 e. The Balaban J connectivity index is 2.02. The molecule has 0 fully saturated rings. The molecule has 6 heteroatoms. The van der Waals surface area contributed by atoms with Crippen molar-refractivity contribution >= 4 is 27.1 Å². The number of rotatable bonds is 6. The number of carbonyl (C=O) groups is 1. The Labute approximate surface area is 147 Å². The molecule has 0 radical (unpaired) electrons. The van der Waals surface area contributed by atoms with Crippen LogP contribution in [0.2, 0.25) is 0 Å². The molecule has 0 atom stereocenters. The molecule has 1 heterocycles. The van der Waals surface area contributed by atoms with E-state index in [1.165, 1.54) is 6.07 Å². The summed E-state index contributed by atoms with van der Waals surface area (Å²) in [7, 11) is -3.85. The van der Waals surface area contributed by atoms with Gasteiger partial charge in [-0.3, -0.25) is 4.79 Å². The van der Waals surface area contributed by atoms with Gasteiger partial charge in [-0.05, 0) is 24.6 Å². The number of anilines is 1. The van der Waals surface area contributed by atoms with Crippen molar-refractivity contribution in [3.05, 3.63) is 65.1 Å². The number of amides is 1. The summed E-state index contributed by atoms with van der Waals surface area (Å²) in [6.07, 6.45) is 1.86. The van der Waals surface area contributed by atoms with E-state index in [9.17, 15) is 13.2 Å². The molecule has 0 aliphatic carbocycles. The third kappa shape index (κ3) is 3.30. The molecule has 0 aromatic heterocycles. The van der Waals surface area contributed by atoms with E-state index in [1.807, 2.05) is 6.07 Å². The summed E-state index contributed by atoms with van der Waals surface area (Å²) in [5, 5.41) is 5.83. The standard InChI is InChI=1S/C19H20N2O3S/c1-2-3-13-20-17-15-11-7-8-12-16(15)25(23,24)18(17)19(22)21-14-9-5-4-6-10-14/h4-12,20H,2-3,13H2,1H3,(H,21,22). The number of sulfone groups is 1. The van der Waals surface area contributed by atoms with Gasteiger partial charge in [-0.1, -0.05) is 49.7 Å². The Morgan fingerprint density at radius 3 is 2.40 bits per heavy atom. The van der Waals surface area contributed by atoms with Gasteiger partial charge >= 0.3 is 0 Å². The third-order valence-electron chi connectivity index (χ3n) is 4.01. The molecule has 25 heavy (non-hydrogen) atoms. The zero-order chi connectivity index (χ0) is 17.9. The topological polar surface area (TPSA) is 75.3 Å². The molecule has 0 bridgehead atoms. The van der Waals surface area contributed by atoms with Crippen LogP contribution in [0.25, 0.3) is 5.70 Å². The van der Waals surface area contributed by atoms with Gasteiger partial charge in [-0.2, -0.15) is 0 Å². The molecule has 1 aliphatic heterocycles. The van der Waals surface area contributed by atoms with Crippen molar-refractivity contribution in [3.8, 4) is 0 Å². The molecule has 3 rings (SSSR count). The summed E-state index contributed by atoms with van der Waals surface area (Å²) >= 11 is 0. The first-order chi connectivity index (χ1) is 12.1. The number of nitrogens with one attached hydrogen (secondary N) is 2. The van der Waals surface area contributed by atoms with Crippen molar-refractivity contribution in [2.45, 2.75) is 24.7 Å². The first kappa shape index (κ1) is 17.2. The molecular formula is C19H20N2O3S. The van der Waals surface area contributed by atoms with Crippen molar-refractivity contribution in [3.63, 3.8) is 0 Å². The Bertz CT molecular complexity index is 919. The maximum Gasteiger partial charge on any atom is 0.269 e. The summed E-state index contributed by atoms with van der Waals surface area (Å²) in [6.45, 7) is 2.66. The van der Waals surface area contributed by atoms with E-state index in [0.29, 0.717) is 23.5 Å². The highest BCUT2D eigenvalue weighted by molar-refractivity contribution is 7.97. The van der Waals surface area contributed by atoms with E-state index >= 15 is 0 Å². The van der Waals surface area contributed by atoms with Crippen molar-refractivity contribution in [1.29, 1.82) is 0 Å². The maximum absolute atomic E-state index is 12.9. The van der Waals surface area contributed by atoms with Gasteiger partial charge in [0, 0.05) is 17.8 Å². The maximum atomic E-state index is 12.9. The molecule has 2 aromatic rings. The molecule has 2 aromatic carbocycles. The molecule has 130 valence electrons. The van der Waals surface area contributed by atoms with E-state index in [4.69, 9.17) is 0 Å². The van der Waals surface area contributed by atoms with Gasteiger partial charge < -0.3 is 10.6 Å². The summed E-state index contributed by atoms with van der Waals surface area (Å²) in [4.78, 5) is 12.7. The summed E-state index contributed by atoms with van der Waals surface area (Å²) in [5.74, 6) is -0.624. The first-order valence-electron chi connectivity index (χ1n) is 8.24. The monoisotopic (exact) mass is 356 g/mol. The van der Waals surface area contributed by atoms with E-state index in [2.05, 4.69) is 17.6 Å². The van der Waals surface area contributed by atoms with Crippen LogP contribution in [0.5, 0.6) is 0 Å². The second-order valence-corrected chi connectivity index (χ2v) is 7.66. The zero-order valence-corrected chi connectivity index (χ0v) is 14.8.